The first-order valence-corrected chi connectivity index (χ1v) is 6.03. The van der Waals surface area contributed by atoms with Gasteiger partial charge in [0.15, 0.2) is 11.5 Å². The smallest absolute Gasteiger partial charge is 0.179 e. The van der Waals surface area contributed by atoms with Crippen LogP contribution in [0.4, 0.5) is 0 Å². The van der Waals surface area contributed by atoms with Crippen molar-refractivity contribution in [1.29, 1.82) is 0 Å². The third-order valence-electron chi connectivity index (χ3n) is 2.85. The Balaban J connectivity index is 2.45. The molecule has 0 amide bonds. The zero-order valence-corrected chi connectivity index (χ0v) is 11.7. The Morgan fingerprint density at radius 2 is 2.05 bits per heavy atom. The maximum Gasteiger partial charge on any atom is 0.179 e. The Labute approximate surface area is 116 Å². The lowest BCUT2D eigenvalue weighted by Crippen LogP contribution is -2.02. The molecule has 0 saturated heterocycles. The summed E-state index contributed by atoms with van der Waals surface area (Å²) in [5.41, 5.74) is 1.21. The molecule has 1 aromatic carbocycles. The number of ether oxygens (including phenoxy) is 2. The Kier molecular flexibility index (Phi) is 3.97. The van der Waals surface area contributed by atoms with Crippen LogP contribution in [0.25, 0.3) is 0 Å². The van der Waals surface area contributed by atoms with Crippen LogP contribution in [0.3, 0.4) is 0 Å². The molecule has 5 nitrogen and oxygen atoms in total. The molecular weight excluding hydrogens is 268 g/mol. The number of methoxy groups -OCH3 is 2. The normalized spacial score (nSPS) is 12.3. The Bertz CT molecular complexity index is 583. The largest absolute Gasteiger partial charge is 0.493 e. The molecule has 0 aliphatic carbocycles. The Morgan fingerprint density at radius 1 is 1.32 bits per heavy atom. The summed E-state index contributed by atoms with van der Waals surface area (Å²) in [6, 6.07) is 3.42. The van der Waals surface area contributed by atoms with E-state index >= 15 is 0 Å². The van der Waals surface area contributed by atoms with Gasteiger partial charge >= 0.3 is 0 Å². The third-order valence-corrected chi connectivity index (χ3v) is 3.24. The fraction of sp³-hybridized carbons (Fsp3) is 0.308. The summed E-state index contributed by atoms with van der Waals surface area (Å²) in [6.07, 6.45) is 2.47. The van der Waals surface area contributed by atoms with Crippen LogP contribution in [0.5, 0.6) is 11.5 Å². The van der Waals surface area contributed by atoms with E-state index in [0.29, 0.717) is 27.6 Å². The first kappa shape index (κ1) is 13.7. The maximum atomic E-state index is 10.3. The molecule has 102 valence electrons. The molecule has 0 spiro atoms. The lowest BCUT2D eigenvalue weighted by atomic mass is 10.0. The second-order valence-electron chi connectivity index (χ2n) is 4.05. The van der Waals surface area contributed by atoms with Crippen LogP contribution in [0.1, 0.15) is 17.2 Å². The molecule has 1 unspecified atom stereocenters. The molecular formula is C13H15ClN2O3. The molecule has 0 bridgehead atoms. The fourth-order valence-corrected chi connectivity index (χ4v) is 2.21. The second kappa shape index (κ2) is 5.50. The van der Waals surface area contributed by atoms with Crippen molar-refractivity contribution >= 4 is 11.6 Å². The summed E-state index contributed by atoms with van der Waals surface area (Å²) >= 11 is 6.25. The number of aliphatic hydroxyl groups excluding tert-OH is 1. The van der Waals surface area contributed by atoms with Crippen LogP contribution in [-0.2, 0) is 7.05 Å². The molecule has 0 saturated carbocycles. The average Bonchev–Trinajstić information content (AvgIpc) is 2.84. The van der Waals surface area contributed by atoms with Crippen LogP contribution < -0.4 is 9.47 Å². The van der Waals surface area contributed by atoms with Crippen molar-refractivity contribution in [1.82, 2.24) is 9.78 Å². The highest BCUT2D eigenvalue weighted by Crippen LogP contribution is 2.40. The van der Waals surface area contributed by atoms with E-state index in [-0.39, 0.29) is 0 Å². The standard InChI is InChI=1S/C13H15ClN2O3/c1-16-7-8(6-15-16)12(17)9-4-5-10(18-2)13(19-3)11(9)14/h4-7,12,17H,1-3H3. The van der Waals surface area contributed by atoms with E-state index in [0.717, 1.165) is 0 Å². The lowest BCUT2D eigenvalue weighted by molar-refractivity contribution is 0.219. The van der Waals surface area contributed by atoms with E-state index in [2.05, 4.69) is 5.10 Å². The Morgan fingerprint density at radius 3 is 2.58 bits per heavy atom. The van der Waals surface area contributed by atoms with Crippen LogP contribution >= 0.6 is 11.6 Å². The summed E-state index contributed by atoms with van der Waals surface area (Å²) in [5, 5.41) is 14.7. The van der Waals surface area contributed by atoms with Gasteiger partial charge in [-0.2, -0.15) is 5.10 Å². The van der Waals surface area contributed by atoms with Gasteiger partial charge in [0.2, 0.25) is 0 Å². The number of rotatable bonds is 4. The molecule has 6 heteroatoms. The number of benzene rings is 1. The first-order valence-electron chi connectivity index (χ1n) is 5.65. The molecule has 2 rings (SSSR count). The van der Waals surface area contributed by atoms with Crippen molar-refractivity contribution in [3.8, 4) is 11.5 Å². The van der Waals surface area contributed by atoms with Crippen LogP contribution in [0.15, 0.2) is 24.5 Å². The lowest BCUT2D eigenvalue weighted by Gasteiger charge is -2.15. The van der Waals surface area contributed by atoms with Crippen LogP contribution in [0.2, 0.25) is 5.02 Å². The van der Waals surface area contributed by atoms with Gasteiger partial charge in [0.25, 0.3) is 0 Å². The number of halogens is 1. The molecule has 0 aliphatic rings. The van der Waals surface area contributed by atoms with Gasteiger partial charge in [-0.3, -0.25) is 4.68 Å². The first-order chi connectivity index (χ1) is 9.08. The van der Waals surface area contributed by atoms with Gasteiger partial charge in [-0.05, 0) is 6.07 Å². The predicted octanol–water partition coefficient (Wildman–Crippen LogP) is 2.17. The number of hydrogen-bond donors (Lipinski definition) is 1. The number of aryl methyl sites for hydroxylation is 1. The van der Waals surface area contributed by atoms with Gasteiger partial charge in [-0.1, -0.05) is 17.7 Å². The number of hydrogen-bond acceptors (Lipinski definition) is 4. The fourth-order valence-electron chi connectivity index (χ4n) is 1.88. The minimum Gasteiger partial charge on any atom is -0.493 e. The molecule has 0 aliphatic heterocycles. The van der Waals surface area contributed by atoms with Crippen molar-refractivity contribution < 1.29 is 14.6 Å². The summed E-state index contributed by atoms with van der Waals surface area (Å²) in [5.74, 6) is 0.930. The van der Waals surface area contributed by atoms with E-state index in [9.17, 15) is 5.11 Å². The summed E-state index contributed by atoms with van der Waals surface area (Å²) in [7, 11) is 4.82. The Hall–Kier alpha value is -1.72. The van der Waals surface area contributed by atoms with E-state index in [1.165, 1.54) is 14.2 Å². The van der Waals surface area contributed by atoms with E-state index in [1.807, 2.05) is 0 Å². The van der Waals surface area contributed by atoms with Gasteiger partial charge in [0, 0.05) is 24.4 Å². The quantitative estimate of drug-likeness (QED) is 0.934. The summed E-state index contributed by atoms with van der Waals surface area (Å²) in [6.45, 7) is 0. The van der Waals surface area contributed by atoms with Gasteiger partial charge in [-0.15, -0.1) is 0 Å². The summed E-state index contributed by atoms with van der Waals surface area (Å²) in [4.78, 5) is 0. The van der Waals surface area contributed by atoms with Crippen LogP contribution in [0, 0.1) is 0 Å². The highest BCUT2D eigenvalue weighted by Gasteiger charge is 2.20. The molecule has 0 radical (unpaired) electrons. The van der Waals surface area contributed by atoms with Crippen molar-refractivity contribution in [2.75, 3.05) is 14.2 Å². The SMILES string of the molecule is COc1ccc(C(O)c2cnn(C)c2)c(Cl)c1OC. The number of aromatic nitrogens is 2. The average molecular weight is 283 g/mol. The maximum absolute atomic E-state index is 10.3. The van der Waals surface area contributed by atoms with Gasteiger partial charge in [-0.25, -0.2) is 0 Å². The number of aliphatic hydroxyl groups is 1. The zero-order valence-electron chi connectivity index (χ0n) is 10.9. The summed E-state index contributed by atoms with van der Waals surface area (Å²) < 4.78 is 12.0. The molecule has 19 heavy (non-hydrogen) atoms. The molecule has 0 fully saturated rings. The third kappa shape index (κ3) is 2.52. The van der Waals surface area contributed by atoms with E-state index in [1.54, 1.807) is 36.3 Å². The van der Waals surface area contributed by atoms with Gasteiger partial charge in [0.05, 0.1) is 25.4 Å². The van der Waals surface area contributed by atoms with Crippen molar-refractivity contribution in [3.05, 3.63) is 40.7 Å². The zero-order chi connectivity index (χ0) is 14.0. The highest BCUT2D eigenvalue weighted by molar-refractivity contribution is 6.33. The van der Waals surface area contributed by atoms with Gasteiger partial charge < -0.3 is 14.6 Å². The number of nitrogens with zero attached hydrogens (tertiary/aromatic N) is 2. The molecule has 1 aromatic heterocycles. The van der Waals surface area contributed by atoms with Crippen molar-refractivity contribution in [3.63, 3.8) is 0 Å². The predicted molar refractivity (Wildman–Crippen MR) is 71.8 cm³/mol. The minimum atomic E-state index is -0.860. The minimum absolute atomic E-state index is 0.332. The second-order valence-corrected chi connectivity index (χ2v) is 4.43. The molecule has 1 atom stereocenters. The topological polar surface area (TPSA) is 56.5 Å². The molecule has 1 heterocycles. The van der Waals surface area contributed by atoms with Crippen LogP contribution in [-0.4, -0.2) is 29.1 Å². The highest BCUT2D eigenvalue weighted by atomic mass is 35.5. The van der Waals surface area contributed by atoms with E-state index < -0.39 is 6.10 Å². The van der Waals surface area contributed by atoms with Crippen molar-refractivity contribution in [2.45, 2.75) is 6.10 Å². The molecule has 1 N–H and O–H groups in total. The van der Waals surface area contributed by atoms with Gasteiger partial charge in [0.1, 0.15) is 6.10 Å². The monoisotopic (exact) mass is 282 g/mol. The van der Waals surface area contributed by atoms with E-state index in [4.69, 9.17) is 21.1 Å². The van der Waals surface area contributed by atoms with Crippen molar-refractivity contribution in [2.24, 2.45) is 7.05 Å². The molecule has 2 aromatic rings.